The lowest BCUT2D eigenvalue weighted by molar-refractivity contribution is -0.160. The topological polar surface area (TPSA) is 58.6 Å². The van der Waals surface area contributed by atoms with Crippen LogP contribution in [0.2, 0.25) is 0 Å². The molecule has 0 atom stereocenters. The van der Waals surface area contributed by atoms with Crippen molar-refractivity contribution in [1.82, 2.24) is 5.32 Å². The van der Waals surface area contributed by atoms with Crippen LogP contribution in [-0.4, -0.2) is 24.0 Å². The van der Waals surface area contributed by atoms with Crippen molar-refractivity contribution in [3.05, 3.63) is 29.8 Å². The number of alkyl carbamates (subject to hydrolysis) is 1. The maximum absolute atomic E-state index is 11.7. The molecule has 0 aliphatic carbocycles. The molecule has 94 valence electrons. The molecule has 17 heavy (non-hydrogen) atoms. The number of alkyl halides is 3. The van der Waals surface area contributed by atoms with Crippen molar-refractivity contribution in [3.8, 4) is 5.75 Å². The minimum atomic E-state index is -4.55. The van der Waals surface area contributed by atoms with Gasteiger partial charge in [-0.15, -0.1) is 0 Å². The summed E-state index contributed by atoms with van der Waals surface area (Å²) in [5.41, 5.74) is 0.386. The molecule has 2 N–H and O–H groups in total. The number of ether oxygens (including phenoxy) is 1. The van der Waals surface area contributed by atoms with E-state index < -0.39 is 18.9 Å². The number of phenols is 1. The normalized spacial score (nSPS) is 11.0. The van der Waals surface area contributed by atoms with Crippen molar-refractivity contribution >= 4 is 6.09 Å². The molecule has 0 aromatic heterocycles. The van der Waals surface area contributed by atoms with E-state index in [2.05, 4.69) is 10.1 Å². The number of hydrogen-bond acceptors (Lipinski definition) is 3. The third kappa shape index (κ3) is 5.10. The Morgan fingerprint density at radius 2 is 2.00 bits per heavy atom. The fraction of sp³-hybridized carbons (Fsp3) is 0.300. The van der Waals surface area contributed by atoms with Crippen molar-refractivity contribution < 1.29 is 27.8 Å². The highest BCUT2D eigenvalue weighted by Gasteiger charge is 2.29. The van der Waals surface area contributed by atoms with Gasteiger partial charge < -0.3 is 15.2 Å². The minimum absolute atomic E-state index is 0.0522. The molecule has 4 nitrogen and oxygen atoms in total. The average molecular weight is 249 g/mol. The first-order valence-corrected chi connectivity index (χ1v) is 4.63. The first-order chi connectivity index (χ1) is 7.88. The number of para-hydroxylation sites is 1. The van der Waals surface area contributed by atoms with E-state index in [9.17, 15) is 23.1 Å². The van der Waals surface area contributed by atoms with Gasteiger partial charge in [-0.2, -0.15) is 13.2 Å². The Morgan fingerprint density at radius 3 is 2.59 bits per heavy atom. The fourth-order valence-corrected chi connectivity index (χ4v) is 1.03. The average Bonchev–Trinajstić information content (AvgIpc) is 2.24. The number of amides is 1. The zero-order valence-corrected chi connectivity index (χ0v) is 8.62. The summed E-state index contributed by atoms with van der Waals surface area (Å²) in [4.78, 5) is 10.9. The lowest BCUT2D eigenvalue weighted by Gasteiger charge is -2.09. The van der Waals surface area contributed by atoms with Crippen molar-refractivity contribution in [2.75, 3.05) is 6.61 Å². The maximum atomic E-state index is 11.7. The minimum Gasteiger partial charge on any atom is -0.508 e. The molecular weight excluding hydrogens is 239 g/mol. The highest BCUT2D eigenvalue weighted by atomic mass is 19.4. The molecule has 0 unspecified atom stereocenters. The second-order valence-corrected chi connectivity index (χ2v) is 3.17. The van der Waals surface area contributed by atoms with Gasteiger partial charge in [-0.1, -0.05) is 18.2 Å². The van der Waals surface area contributed by atoms with Gasteiger partial charge in [0.05, 0.1) is 0 Å². The van der Waals surface area contributed by atoms with Crippen LogP contribution in [0.3, 0.4) is 0 Å². The number of hydrogen-bond donors (Lipinski definition) is 2. The molecule has 0 saturated carbocycles. The SMILES string of the molecule is O=C(NCc1ccccc1O)OCC(F)(F)F. The van der Waals surface area contributed by atoms with E-state index in [0.29, 0.717) is 5.56 Å². The van der Waals surface area contributed by atoms with Crippen LogP contribution in [0.1, 0.15) is 5.56 Å². The molecule has 1 aromatic carbocycles. The second-order valence-electron chi connectivity index (χ2n) is 3.17. The van der Waals surface area contributed by atoms with Crippen LogP contribution in [0.25, 0.3) is 0 Å². The Morgan fingerprint density at radius 1 is 1.35 bits per heavy atom. The second kappa shape index (κ2) is 5.42. The number of halogens is 3. The van der Waals surface area contributed by atoms with Gasteiger partial charge >= 0.3 is 12.3 Å². The van der Waals surface area contributed by atoms with E-state index in [1.165, 1.54) is 12.1 Å². The summed E-state index contributed by atoms with van der Waals surface area (Å²) in [7, 11) is 0. The zero-order valence-electron chi connectivity index (χ0n) is 8.62. The summed E-state index contributed by atoms with van der Waals surface area (Å²) >= 11 is 0. The standard InChI is InChI=1S/C10H10F3NO3/c11-10(12,13)6-17-9(16)14-5-7-3-1-2-4-8(7)15/h1-4,15H,5-6H2,(H,14,16). The van der Waals surface area contributed by atoms with Crippen molar-refractivity contribution in [3.63, 3.8) is 0 Å². The lowest BCUT2D eigenvalue weighted by Crippen LogP contribution is -2.28. The molecular formula is C10H10F3NO3. The van der Waals surface area contributed by atoms with Crippen LogP contribution in [0.15, 0.2) is 24.3 Å². The summed E-state index contributed by atoms with van der Waals surface area (Å²) in [5.74, 6) is -0.0522. The number of phenolic OH excluding ortho intramolecular Hbond substituents is 1. The van der Waals surface area contributed by atoms with E-state index in [4.69, 9.17) is 0 Å². The monoisotopic (exact) mass is 249 g/mol. The van der Waals surface area contributed by atoms with Gasteiger partial charge in [0.2, 0.25) is 0 Å². The third-order valence-electron chi connectivity index (χ3n) is 1.78. The quantitative estimate of drug-likeness (QED) is 0.863. The van der Waals surface area contributed by atoms with Gasteiger partial charge in [0, 0.05) is 12.1 Å². The van der Waals surface area contributed by atoms with Crippen LogP contribution < -0.4 is 5.32 Å². The Labute approximate surface area is 95.0 Å². The molecule has 0 saturated heterocycles. The maximum Gasteiger partial charge on any atom is 0.422 e. The van der Waals surface area contributed by atoms with Gasteiger partial charge in [0.15, 0.2) is 6.61 Å². The van der Waals surface area contributed by atoms with E-state index in [0.717, 1.165) is 0 Å². The Balaban J connectivity index is 2.36. The number of carbonyl (C=O) groups is 1. The van der Waals surface area contributed by atoms with Crippen molar-refractivity contribution in [1.29, 1.82) is 0 Å². The number of nitrogens with one attached hydrogen (secondary N) is 1. The van der Waals surface area contributed by atoms with Gasteiger partial charge in [0.25, 0.3) is 0 Å². The van der Waals surface area contributed by atoms with Crippen LogP contribution in [0, 0.1) is 0 Å². The zero-order chi connectivity index (χ0) is 12.9. The van der Waals surface area contributed by atoms with Crippen LogP contribution in [-0.2, 0) is 11.3 Å². The van der Waals surface area contributed by atoms with E-state index in [1.54, 1.807) is 12.1 Å². The Bertz CT molecular complexity index is 393. The lowest BCUT2D eigenvalue weighted by atomic mass is 10.2. The summed E-state index contributed by atoms with van der Waals surface area (Å²) in [6, 6.07) is 6.13. The summed E-state index contributed by atoms with van der Waals surface area (Å²) < 4.78 is 39.0. The van der Waals surface area contributed by atoms with Crippen LogP contribution in [0.5, 0.6) is 5.75 Å². The summed E-state index contributed by atoms with van der Waals surface area (Å²) in [5, 5.41) is 11.4. The highest BCUT2D eigenvalue weighted by molar-refractivity contribution is 5.67. The predicted molar refractivity (Wildman–Crippen MR) is 52.3 cm³/mol. The molecule has 1 aromatic rings. The van der Waals surface area contributed by atoms with E-state index in [-0.39, 0.29) is 12.3 Å². The summed E-state index contributed by atoms with van der Waals surface area (Å²) in [6.45, 7) is -1.75. The van der Waals surface area contributed by atoms with E-state index >= 15 is 0 Å². The number of benzene rings is 1. The fourth-order valence-electron chi connectivity index (χ4n) is 1.03. The number of rotatable bonds is 3. The molecule has 0 radical (unpaired) electrons. The molecule has 0 aliphatic heterocycles. The molecule has 7 heteroatoms. The molecule has 0 aliphatic rings. The Hall–Kier alpha value is -1.92. The summed E-state index contributed by atoms with van der Waals surface area (Å²) in [6.07, 6.45) is -5.74. The van der Waals surface area contributed by atoms with Gasteiger partial charge in [-0.05, 0) is 6.07 Å². The van der Waals surface area contributed by atoms with Crippen LogP contribution in [0.4, 0.5) is 18.0 Å². The van der Waals surface area contributed by atoms with Crippen molar-refractivity contribution in [2.45, 2.75) is 12.7 Å². The molecule has 1 amide bonds. The Kier molecular flexibility index (Phi) is 4.19. The predicted octanol–water partition coefficient (Wildman–Crippen LogP) is 2.18. The molecule has 0 bridgehead atoms. The van der Waals surface area contributed by atoms with Gasteiger partial charge in [-0.25, -0.2) is 4.79 Å². The number of carbonyl (C=O) groups excluding carboxylic acids is 1. The van der Waals surface area contributed by atoms with E-state index in [1.807, 2.05) is 0 Å². The first kappa shape index (κ1) is 13.1. The van der Waals surface area contributed by atoms with Crippen LogP contribution >= 0.6 is 0 Å². The molecule has 0 fully saturated rings. The smallest absolute Gasteiger partial charge is 0.422 e. The molecule has 0 heterocycles. The third-order valence-corrected chi connectivity index (χ3v) is 1.78. The number of aromatic hydroxyl groups is 1. The first-order valence-electron chi connectivity index (χ1n) is 4.63. The highest BCUT2D eigenvalue weighted by Crippen LogP contribution is 2.16. The van der Waals surface area contributed by atoms with Crippen molar-refractivity contribution in [2.24, 2.45) is 0 Å². The molecule has 0 spiro atoms. The van der Waals surface area contributed by atoms with Gasteiger partial charge in [-0.3, -0.25) is 0 Å². The van der Waals surface area contributed by atoms with Gasteiger partial charge in [0.1, 0.15) is 5.75 Å². The molecule has 1 rings (SSSR count). The largest absolute Gasteiger partial charge is 0.508 e.